The Morgan fingerprint density at radius 3 is 2.55 bits per heavy atom. The fraction of sp³-hybridized carbons (Fsp3) is 0.208. The summed E-state index contributed by atoms with van der Waals surface area (Å²) in [4.78, 5) is 32.3. The quantitative estimate of drug-likeness (QED) is 0.218. The number of carbonyl (C=O) groups is 2. The van der Waals surface area contributed by atoms with Gasteiger partial charge in [-0.05, 0) is 61.4 Å². The van der Waals surface area contributed by atoms with Crippen molar-refractivity contribution in [2.24, 2.45) is 5.10 Å². The van der Waals surface area contributed by atoms with Crippen molar-refractivity contribution in [3.05, 3.63) is 77.9 Å². The van der Waals surface area contributed by atoms with Crippen LogP contribution < -0.4 is 19.6 Å². The molecule has 0 fully saturated rings. The second-order valence-corrected chi connectivity index (χ2v) is 6.69. The lowest BCUT2D eigenvalue weighted by molar-refractivity contribution is 0.0728. The molecular formula is C24H24N4O5. The second-order valence-electron chi connectivity index (χ2n) is 6.69. The molecule has 0 atom stereocenters. The van der Waals surface area contributed by atoms with E-state index >= 15 is 0 Å². The minimum absolute atomic E-state index is 0.150. The molecule has 0 bridgehead atoms. The number of nitrogens with zero attached hydrogens (tertiary/aromatic N) is 3. The van der Waals surface area contributed by atoms with Crippen LogP contribution in [0.15, 0.2) is 66.2 Å². The van der Waals surface area contributed by atoms with Crippen molar-refractivity contribution in [3.63, 3.8) is 0 Å². The van der Waals surface area contributed by atoms with Gasteiger partial charge in [-0.25, -0.2) is 15.2 Å². The summed E-state index contributed by atoms with van der Waals surface area (Å²) in [6.45, 7) is 4.83. The molecule has 2 aromatic carbocycles. The summed E-state index contributed by atoms with van der Waals surface area (Å²) in [5.74, 6) is 0.335. The highest BCUT2D eigenvalue weighted by Gasteiger charge is 2.13. The zero-order chi connectivity index (χ0) is 23.5. The maximum Gasteiger partial charge on any atom is 0.343 e. The van der Waals surface area contributed by atoms with Crippen LogP contribution in [0, 0.1) is 0 Å². The molecule has 3 aromatic rings. The number of benzene rings is 2. The molecule has 9 nitrogen and oxygen atoms in total. The highest BCUT2D eigenvalue weighted by molar-refractivity contribution is 5.93. The summed E-state index contributed by atoms with van der Waals surface area (Å²) in [6, 6.07) is 11.7. The monoisotopic (exact) mass is 448 g/mol. The molecule has 1 N–H and O–H groups in total. The first-order valence-electron chi connectivity index (χ1n) is 10.4. The van der Waals surface area contributed by atoms with E-state index in [9.17, 15) is 9.59 Å². The highest BCUT2D eigenvalue weighted by Crippen LogP contribution is 2.29. The van der Waals surface area contributed by atoms with E-state index in [1.807, 2.05) is 13.8 Å². The van der Waals surface area contributed by atoms with Crippen molar-refractivity contribution < 1.29 is 23.8 Å². The minimum atomic E-state index is -0.518. The van der Waals surface area contributed by atoms with Crippen molar-refractivity contribution in [2.45, 2.75) is 20.3 Å². The Balaban J connectivity index is 1.66. The van der Waals surface area contributed by atoms with Crippen LogP contribution in [0.25, 0.3) is 0 Å². The van der Waals surface area contributed by atoms with E-state index < -0.39 is 11.9 Å². The molecule has 0 spiro atoms. The Hall–Kier alpha value is -4.27. The third-order valence-electron chi connectivity index (χ3n) is 4.21. The van der Waals surface area contributed by atoms with Gasteiger partial charge in [-0.1, -0.05) is 6.92 Å². The Morgan fingerprint density at radius 1 is 1.03 bits per heavy atom. The third kappa shape index (κ3) is 6.86. The fourth-order valence-corrected chi connectivity index (χ4v) is 2.66. The Bertz CT molecular complexity index is 1100. The van der Waals surface area contributed by atoms with Crippen molar-refractivity contribution >= 4 is 18.1 Å². The van der Waals surface area contributed by atoms with Crippen LogP contribution in [0.3, 0.4) is 0 Å². The van der Waals surface area contributed by atoms with Crippen LogP contribution in [-0.2, 0) is 0 Å². The van der Waals surface area contributed by atoms with E-state index in [4.69, 9.17) is 14.2 Å². The van der Waals surface area contributed by atoms with E-state index in [-0.39, 0.29) is 11.4 Å². The van der Waals surface area contributed by atoms with Crippen LogP contribution in [0.5, 0.6) is 17.2 Å². The molecule has 0 unspecified atom stereocenters. The molecular weight excluding hydrogens is 424 g/mol. The van der Waals surface area contributed by atoms with Crippen LogP contribution >= 0.6 is 0 Å². The van der Waals surface area contributed by atoms with E-state index in [0.29, 0.717) is 35.8 Å². The smallest absolute Gasteiger partial charge is 0.343 e. The van der Waals surface area contributed by atoms with Crippen LogP contribution in [0.1, 0.15) is 46.7 Å². The van der Waals surface area contributed by atoms with Gasteiger partial charge in [0.15, 0.2) is 11.5 Å². The summed E-state index contributed by atoms with van der Waals surface area (Å²) < 4.78 is 16.7. The second kappa shape index (κ2) is 11.9. The van der Waals surface area contributed by atoms with Gasteiger partial charge in [0, 0.05) is 12.4 Å². The number of rotatable bonds is 10. The van der Waals surface area contributed by atoms with Gasteiger partial charge in [-0.15, -0.1) is 0 Å². The maximum absolute atomic E-state index is 12.6. The molecule has 0 aliphatic heterocycles. The molecule has 0 saturated heterocycles. The van der Waals surface area contributed by atoms with Gasteiger partial charge in [-0.2, -0.15) is 5.10 Å². The number of amides is 1. The van der Waals surface area contributed by atoms with Crippen molar-refractivity contribution in [3.8, 4) is 17.2 Å². The third-order valence-corrected chi connectivity index (χ3v) is 4.21. The van der Waals surface area contributed by atoms with Crippen LogP contribution in [0.2, 0.25) is 0 Å². The van der Waals surface area contributed by atoms with Gasteiger partial charge in [0.05, 0.1) is 31.2 Å². The number of ether oxygens (including phenoxy) is 3. The largest absolute Gasteiger partial charge is 0.494 e. The zero-order valence-electron chi connectivity index (χ0n) is 18.4. The molecule has 9 heteroatoms. The molecule has 3 rings (SSSR count). The van der Waals surface area contributed by atoms with E-state index in [0.717, 1.165) is 6.42 Å². The fourth-order valence-electron chi connectivity index (χ4n) is 2.66. The predicted octanol–water partition coefficient (Wildman–Crippen LogP) is 3.65. The predicted molar refractivity (Wildman–Crippen MR) is 122 cm³/mol. The van der Waals surface area contributed by atoms with Crippen molar-refractivity contribution in [1.29, 1.82) is 0 Å². The zero-order valence-corrected chi connectivity index (χ0v) is 18.4. The Morgan fingerprint density at radius 2 is 1.85 bits per heavy atom. The minimum Gasteiger partial charge on any atom is -0.494 e. The lowest BCUT2D eigenvalue weighted by Gasteiger charge is -2.11. The molecule has 0 aliphatic carbocycles. The average Bonchev–Trinajstić information content (AvgIpc) is 2.85. The normalized spacial score (nSPS) is 10.6. The molecule has 33 heavy (non-hydrogen) atoms. The molecule has 1 amide bonds. The van der Waals surface area contributed by atoms with E-state index in [1.165, 1.54) is 24.8 Å². The van der Waals surface area contributed by atoms with E-state index in [1.54, 1.807) is 42.5 Å². The lowest BCUT2D eigenvalue weighted by Crippen LogP contribution is -2.19. The molecule has 0 radical (unpaired) electrons. The number of aromatic nitrogens is 2. The van der Waals surface area contributed by atoms with Crippen molar-refractivity contribution in [1.82, 2.24) is 15.4 Å². The summed E-state index contributed by atoms with van der Waals surface area (Å²) >= 11 is 0. The standard InChI is InChI=1S/C24H24N4O5/c1-3-13-32-19-8-6-18(7-9-19)24(30)33-21-10-5-17(14-22(21)31-4-2)15-27-28-23(29)20-16-25-11-12-26-20/h5-12,14-16H,3-4,13H2,1-2H3,(H,28,29)/b27-15-. The average molecular weight is 448 g/mol. The van der Waals surface area contributed by atoms with Gasteiger partial charge in [-0.3, -0.25) is 9.78 Å². The van der Waals surface area contributed by atoms with Gasteiger partial charge in [0.25, 0.3) is 5.91 Å². The molecule has 0 aliphatic rings. The van der Waals surface area contributed by atoms with Gasteiger partial charge < -0.3 is 14.2 Å². The number of nitrogens with one attached hydrogen (secondary N) is 1. The maximum atomic E-state index is 12.6. The first-order chi connectivity index (χ1) is 16.1. The summed E-state index contributed by atoms with van der Waals surface area (Å²) in [7, 11) is 0. The molecule has 1 heterocycles. The van der Waals surface area contributed by atoms with Gasteiger partial charge in [0.2, 0.25) is 0 Å². The van der Waals surface area contributed by atoms with E-state index in [2.05, 4.69) is 20.5 Å². The summed E-state index contributed by atoms with van der Waals surface area (Å²) in [6.07, 6.45) is 6.57. The van der Waals surface area contributed by atoms with Gasteiger partial charge >= 0.3 is 5.97 Å². The SMILES string of the molecule is CCCOc1ccc(C(=O)Oc2ccc(/C=N\NC(=O)c3cnccn3)cc2OCC)cc1. The summed E-state index contributed by atoms with van der Waals surface area (Å²) in [5, 5.41) is 3.92. The Kier molecular flexibility index (Phi) is 8.47. The van der Waals surface area contributed by atoms with Crippen LogP contribution in [-0.4, -0.2) is 41.3 Å². The first kappa shape index (κ1) is 23.4. The molecule has 170 valence electrons. The number of hydrazone groups is 1. The summed E-state index contributed by atoms with van der Waals surface area (Å²) in [5.41, 5.74) is 3.55. The van der Waals surface area contributed by atoms with Crippen molar-refractivity contribution in [2.75, 3.05) is 13.2 Å². The number of hydrogen-bond donors (Lipinski definition) is 1. The number of esters is 1. The molecule has 1 aromatic heterocycles. The topological polar surface area (TPSA) is 112 Å². The number of hydrogen-bond acceptors (Lipinski definition) is 8. The lowest BCUT2D eigenvalue weighted by atomic mass is 10.2. The highest BCUT2D eigenvalue weighted by atomic mass is 16.6. The number of carbonyl (C=O) groups excluding carboxylic acids is 2. The van der Waals surface area contributed by atoms with Gasteiger partial charge in [0.1, 0.15) is 11.4 Å². The molecule has 0 saturated carbocycles. The van der Waals surface area contributed by atoms with Crippen LogP contribution in [0.4, 0.5) is 0 Å². The first-order valence-corrected chi connectivity index (χ1v) is 10.4. The Labute approximate surface area is 191 Å².